The predicted molar refractivity (Wildman–Crippen MR) is 107 cm³/mol. The van der Waals surface area contributed by atoms with Gasteiger partial charge in [0.25, 0.3) is 0 Å². The van der Waals surface area contributed by atoms with Crippen LogP contribution in [0.2, 0.25) is 12.1 Å². The van der Waals surface area contributed by atoms with Gasteiger partial charge in [-0.05, 0) is 33.6 Å². The Balaban J connectivity index is 0. The lowest BCUT2D eigenvalue weighted by atomic mass is 10.6. The van der Waals surface area contributed by atoms with Crippen LogP contribution in [0.4, 0.5) is 0 Å². The Morgan fingerprint density at radius 1 is 0.833 bits per heavy atom. The fourth-order valence-corrected chi connectivity index (χ4v) is 6.84. The van der Waals surface area contributed by atoms with E-state index in [9.17, 15) is 0 Å². The third kappa shape index (κ3) is 15.1. The van der Waals surface area contributed by atoms with E-state index in [1.165, 1.54) is 6.04 Å². The summed E-state index contributed by atoms with van der Waals surface area (Å²) in [5.41, 5.74) is 0. The molecule has 0 aliphatic carbocycles. The fourth-order valence-electron chi connectivity index (χ4n) is 2.02. The summed E-state index contributed by atoms with van der Waals surface area (Å²) in [5.74, 6) is 1.47. The van der Waals surface area contributed by atoms with Gasteiger partial charge in [-0.3, -0.25) is 0 Å². The molecule has 0 spiro atoms. The van der Waals surface area contributed by atoms with Gasteiger partial charge in [0.2, 0.25) is 0 Å². The van der Waals surface area contributed by atoms with Crippen LogP contribution < -0.4 is 0 Å². The molecular weight excluding hydrogens is 387 g/mol. The highest BCUT2D eigenvalue weighted by Crippen LogP contribution is 2.18. The van der Waals surface area contributed by atoms with Crippen molar-refractivity contribution in [2.45, 2.75) is 51.6 Å². The minimum atomic E-state index is -2.40. The third-order valence-corrected chi connectivity index (χ3v) is 8.79. The van der Waals surface area contributed by atoms with Crippen molar-refractivity contribution in [3.8, 4) is 0 Å². The van der Waals surface area contributed by atoms with Crippen LogP contribution in [0.1, 0.15) is 33.6 Å². The largest absolute Gasteiger partial charge is 0.500 e. The van der Waals surface area contributed by atoms with Crippen LogP contribution in [0.15, 0.2) is 0 Å². The Morgan fingerprint density at radius 3 is 1.62 bits per heavy atom. The molecular formula is C15H36Cl2O5Si2. The molecule has 0 rings (SSSR count). The van der Waals surface area contributed by atoms with Gasteiger partial charge >= 0.3 is 8.80 Å². The average molecular weight is 424 g/mol. The molecule has 0 saturated heterocycles. The zero-order valence-electron chi connectivity index (χ0n) is 15.9. The molecule has 0 bridgehead atoms. The summed E-state index contributed by atoms with van der Waals surface area (Å²) in [7, 11) is 0.749. The van der Waals surface area contributed by atoms with Gasteiger partial charge in [-0.25, -0.2) is 0 Å². The van der Waals surface area contributed by atoms with Gasteiger partial charge in [0.05, 0.1) is 9.52 Å². The molecule has 0 radical (unpaired) electrons. The maximum Gasteiger partial charge on any atom is 0.500 e. The maximum absolute atomic E-state index is 5.66. The molecule has 24 heavy (non-hydrogen) atoms. The van der Waals surface area contributed by atoms with Crippen LogP contribution in [0, 0.1) is 0 Å². The molecule has 9 heteroatoms. The van der Waals surface area contributed by atoms with Crippen LogP contribution >= 0.6 is 23.2 Å². The summed E-state index contributed by atoms with van der Waals surface area (Å²) in [4.78, 5) is 0. The van der Waals surface area contributed by atoms with E-state index in [0.29, 0.717) is 25.7 Å². The highest BCUT2D eigenvalue weighted by Gasteiger charge is 2.39. The molecule has 0 fully saturated rings. The standard InChI is InChI=1S/C9H21ClO3Si.C6H15ClO2Si/c1-4-11-14(12-5-2,13-6-3)9-7-8-10;1-8-6(9-2)10-5-3-4-7/h4-9H2,1-3H3;6H,3-5,10H2,1-2H3. The topological polar surface area (TPSA) is 46.2 Å². The van der Waals surface area contributed by atoms with Gasteiger partial charge in [0.15, 0.2) is 0 Å². The minimum absolute atomic E-state index is 0.0863. The quantitative estimate of drug-likeness (QED) is 0.175. The smallest absolute Gasteiger partial charge is 0.374 e. The van der Waals surface area contributed by atoms with Crippen LogP contribution in [0.3, 0.4) is 0 Å². The first-order chi connectivity index (χ1) is 11.6. The second-order valence-corrected chi connectivity index (χ2v) is 10.3. The molecule has 0 amide bonds. The molecule has 0 unspecified atom stereocenters. The lowest BCUT2D eigenvalue weighted by Crippen LogP contribution is -2.46. The van der Waals surface area contributed by atoms with E-state index in [4.69, 9.17) is 46.0 Å². The van der Waals surface area contributed by atoms with Gasteiger partial charge in [-0.2, -0.15) is 0 Å². The number of ether oxygens (including phenoxy) is 2. The zero-order chi connectivity index (χ0) is 18.7. The summed E-state index contributed by atoms with van der Waals surface area (Å²) in [6.07, 6.45) is 1.98. The van der Waals surface area contributed by atoms with E-state index < -0.39 is 8.80 Å². The van der Waals surface area contributed by atoms with E-state index >= 15 is 0 Å². The van der Waals surface area contributed by atoms with Crippen molar-refractivity contribution in [3.05, 3.63) is 0 Å². The average Bonchev–Trinajstić information content (AvgIpc) is 2.58. The predicted octanol–water partition coefficient (Wildman–Crippen LogP) is 3.44. The summed E-state index contributed by atoms with van der Waals surface area (Å²) in [6.45, 7) is 7.78. The van der Waals surface area contributed by atoms with Crippen molar-refractivity contribution >= 4 is 41.5 Å². The molecule has 0 atom stereocenters. The lowest BCUT2D eigenvalue weighted by Gasteiger charge is -2.28. The molecule has 0 aliphatic rings. The van der Waals surface area contributed by atoms with Gasteiger partial charge in [-0.1, -0.05) is 6.04 Å². The van der Waals surface area contributed by atoms with E-state index in [0.717, 1.165) is 24.8 Å². The Kier molecular flexibility index (Phi) is 22.7. The number of halogens is 2. The second kappa shape index (κ2) is 20.1. The number of hydrogen-bond donors (Lipinski definition) is 0. The van der Waals surface area contributed by atoms with E-state index in [1.54, 1.807) is 14.2 Å². The summed E-state index contributed by atoms with van der Waals surface area (Å²) in [6, 6.07) is 2.02. The molecule has 0 N–H and O–H groups in total. The maximum atomic E-state index is 5.66. The molecule has 0 aromatic carbocycles. The highest BCUT2D eigenvalue weighted by atomic mass is 35.5. The monoisotopic (exact) mass is 422 g/mol. The minimum Gasteiger partial charge on any atom is -0.374 e. The van der Waals surface area contributed by atoms with Crippen molar-refractivity contribution in [2.75, 3.05) is 45.8 Å². The van der Waals surface area contributed by atoms with Crippen molar-refractivity contribution in [3.63, 3.8) is 0 Å². The summed E-state index contributed by atoms with van der Waals surface area (Å²) < 4.78 is 27.0. The first kappa shape index (κ1) is 27.0. The lowest BCUT2D eigenvalue weighted by molar-refractivity contribution is -0.0441. The fraction of sp³-hybridized carbons (Fsp3) is 1.00. The third-order valence-electron chi connectivity index (χ3n) is 3.06. The SMILES string of the molecule is CCO[Si](CCCCl)(OCC)OCC.COC(OC)[SiH2]CCCCl. The summed E-state index contributed by atoms with van der Waals surface area (Å²) >= 11 is 11.2. The Morgan fingerprint density at radius 2 is 1.29 bits per heavy atom. The molecule has 0 heterocycles. The van der Waals surface area contributed by atoms with Crippen LogP contribution in [-0.2, 0) is 22.8 Å². The number of hydrogen-bond acceptors (Lipinski definition) is 5. The van der Waals surface area contributed by atoms with Crippen molar-refractivity contribution in [2.24, 2.45) is 0 Å². The number of alkyl halides is 2. The molecule has 0 saturated carbocycles. The first-order valence-electron chi connectivity index (χ1n) is 8.68. The molecule has 5 nitrogen and oxygen atoms in total. The normalized spacial score (nSPS) is 12.0. The van der Waals surface area contributed by atoms with Crippen LogP contribution in [-0.4, -0.2) is 70.0 Å². The van der Waals surface area contributed by atoms with Crippen LogP contribution in [0.25, 0.3) is 0 Å². The molecule has 0 aliphatic heterocycles. The van der Waals surface area contributed by atoms with Crippen molar-refractivity contribution in [1.82, 2.24) is 0 Å². The Labute approximate surface area is 161 Å². The van der Waals surface area contributed by atoms with E-state index in [1.807, 2.05) is 20.8 Å². The number of methoxy groups -OCH3 is 2. The molecule has 0 aromatic rings. The van der Waals surface area contributed by atoms with Crippen LogP contribution in [0.5, 0.6) is 0 Å². The van der Waals surface area contributed by atoms with Crippen molar-refractivity contribution in [1.29, 1.82) is 0 Å². The van der Waals surface area contributed by atoms with Crippen molar-refractivity contribution < 1.29 is 22.8 Å². The van der Waals surface area contributed by atoms with Gasteiger partial charge in [0.1, 0.15) is 5.91 Å². The number of rotatable bonds is 15. The van der Waals surface area contributed by atoms with E-state index in [-0.39, 0.29) is 15.4 Å². The van der Waals surface area contributed by atoms with Gasteiger partial charge in [-0.15, -0.1) is 23.2 Å². The first-order valence-corrected chi connectivity index (χ1v) is 13.5. The summed E-state index contributed by atoms with van der Waals surface area (Å²) in [5, 5.41) is 0. The molecule has 0 aromatic heterocycles. The zero-order valence-corrected chi connectivity index (χ0v) is 19.9. The van der Waals surface area contributed by atoms with Gasteiger partial charge in [0, 0.05) is 51.8 Å². The molecule has 148 valence electrons. The highest BCUT2D eigenvalue weighted by molar-refractivity contribution is 6.60. The van der Waals surface area contributed by atoms with Gasteiger partial charge < -0.3 is 22.8 Å². The van der Waals surface area contributed by atoms with E-state index in [2.05, 4.69) is 0 Å². The Hall–Kier alpha value is 0.814. The second-order valence-electron chi connectivity index (χ2n) is 4.86. The Bertz CT molecular complexity index is 233.